The molecule has 0 heterocycles. The molecule has 1 rings (SSSR count). The molecule has 99 heavy (non-hydrogen) atoms. The highest BCUT2D eigenvalue weighted by atomic mass is 16.5. The van der Waals surface area contributed by atoms with Gasteiger partial charge in [-0.2, -0.15) is 0 Å². The Kier molecular flexibility index (Phi) is 60.6. The number of hydrogen-bond donors (Lipinski definition) is 0. The summed E-state index contributed by atoms with van der Waals surface area (Å²) < 4.78 is 23.6. The second kappa shape index (κ2) is 64.1. The predicted molar refractivity (Wildman–Crippen MR) is 419 cm³/mol. The molecule has 0 aliphatic carbocycles. The van der Waals surface area contributed by atoms with Gasteiger partial charge >= 0.3 is 23.9 Å². The van der Waals surface area contributed by atoms with Crippen molar-refractivity contribution in [2.24, 2.45) is 17.8 Å². The number of carbonyl (C=O) groups is 5. The van der Waals surface area contributed by atoms with Crippen molar-refractivity contribution in [2.45, 2.75) is 402 Å². The summed E-state index contributed by atoms with van der Waals surface area (Å²) >= 11 is 0. The summed E-state index contributed by atoms with van der Waals surface area (Å²) in [6.07, 6.45) is 54.9. The summed E-state index contributed by atoms with van der Waals surface area (Å²) in [7, 11) is 4.16. The third-order valence-electron chi connectivity index (χ3n) is 20.9. The quantitative estimate of drug-likeness (QED) is 0.0267. The van der Waals surface area contributed by atoms with Crippen molar-refractivity contribution in [3.8, 4) is 5.75 Å². The molecule has 0 fully saturated rings. The van der Waals surface area contributed by atoms with Gasteiger partial charge in [-0.3, -0.25) is 24.0 Å². The fraction of sp³-hybridized carbons (Fsp3) is 0.874. The topological polar surface area (TPSA) is 132 Å². The van der Waals surface area contributed by atoms with Gasteiger partial charge in [-0.05, 0) is 147 Å². The lowest BCUT2D eigenvalue weighted by Crippen LogP contribution is -2.38. The molecular formula is C87H161N3O9. The summed E-state index contributed by atoms with van der Waals surface area (Å²) in [5.41, 5.74) is 2.38. The van der Waals surface area contributed by atoms with Crippen LogP contribution in [-0.4, -0.2) is 118 Å². The molecule has 12 nitrogen and oxygen atoms in total. The highest BCUT2D eigenvalue weighted by molar-refractivity contribution is 5.79. The third-order valence-corrected chi connectivity index (χ3v) is 20.9. The molecule has 12 heteroatoms. The Bertz CT molecular complexity index is 2020. The van der Waals surface area contributed by atoms with Gasteiger partial charge in [0.25, 0.3) is 0 Å². The Morgan fingerprint density at radius 3 is 1.05 bits per heavy atom. The van der Waals surface area contributed by atoms with Crippen molar-refractivity contribution < 1.29 is 42.9 Å². The second-order valence-corrected chi connectivity index (χ2v) is 31.3. The van der Waals surface area contributed by atoms with E-state index in [-0.39, 0.29) is 36.2 Å². The van der Waals surface area contributed by atoms with E-state index in [4.69, 9.17) is 18.9 Å². The van der Waals surface area contributed by atoms with Gasteiger partial charge in [-0.1, -0.05) is 293 Å². The van der Waals surface area contributed by atoms with Gasteiger partial charge in [0.1, 0.15) is 5.75 Å². The van der Waals surface area contributed by atoms with E-state index in [1.165, 1.54) is 154 Å². The van der Waals surface area contributed by atoms with Gasteiger partial charge in [0.05, 0.1) is 26.2 Å². The van der Waals surface area contributed by atoms with Gasteiger partial charge in [0.15, 0.2) is 0 Å². The summed E-state index contributed by atoms with van der Waals surface area (Å²) in [6, 6.07) is 4.13. The summed E-state index contributed by atoms with van der Waals surface area (Å²) in [4.78, 5) is 73.4. The number of ether oxygens (including phenoxy) is 4. The molecule has 0 aromatic heterocycles. The van der Waals surface area contributed by atoms with Crippen LogP contribution in [0.1, 0.15) is 400 Å². The average molecular weight is 1390 g/mol. The van der Waals surface area contributed by atoms with Gasteiger partial charge in [-0.15, -0.1) is 0 Å². The van der Waals surface area contributed by atoms with Gasteiger partial charge in [-0.25, -0.2) is 0 Å². The number of unbranched alkanes of at least 4 members (excludes halogenated alkanes) is 27. The number of aryl methyl sites for hydroxylation is 2. The van der Waals surface area contributed by atoms with Crippen LogP contribution in [0.4, 0.5) is 0 Å². The monoisotopic (exact) mass is 1390 g/mol. The van der Waals surface area contributed by atoms with Crippen molar-refractivity contribution in [3.63, 3.8) is 0 Å². The first-order valence-corrected chi connectivity index (χ1v) is 42.4. The van der Waals surface area contributed by atoms with Crippen LogP contribution in [0.5, 0.6) is 5.75 Å². The van der Waals surface area contributed by atoms with E-state index in [0.717, 1.165) is 178 Å². The first kappa shape index (κ1) is 93.5. The molecule has 1 aromatic carbocycles. The molecule has 0 aliphatic heterocycles. The van der Waals surface area contributed by atoms with E-state index < -0.39 is 5.41 Å². The maximum atomic E-state index is 14.5. The van der Waals surface area contributed by atoms with Crippen LogP contribution >= 0.6 is 0 Å². The summed E-state index contributed by atoms with van der Waals surface area (Å²) in [6.45, 7) is 28.4. The van der Waals surface area contributed by atoms with Crippen LogP contribution in [-0.2, 0) is 43.6 Å². The largest absolute Gasteiger partial charge is 0.466 e. The number of rotatable bonds is 71. The molecule has 0 unspecified atom stereocenters. The van der Waals surface area contributed by atoms with E-state index in [0.29, 0.717) is 88.6 Å². The minimum absolute atomic E-state index is 0.0436. The Morgan fingerprint density at radius 1 is 0.364 bits per heavy atom. The zero-order valence-corrected chi connectivity index (χ0v) is 67.3. The minimum atomic E-state index is -0.593. The van der Waals surface area contributed by atoms with Crippen molar-refractivity contribution >= 4 is 29.8 Å². The molecular weight excluding hydrogens is 1230 g/mol. The number of hydrogen-bond acceptors (Lipinski definition) is 11. The van der Waals surface area contributed by atoms with E-state index >= 15 is 0 Å². The highest BCUT2D eigenvalue weighted by Gasteiger charge is 2.32. The van der Waals surface area contributed by atoms with Crippen LogP contribution in [0.15, 0.2) is 12.1 Å². The minimum Gasteiger partial charge on any atom is -0.466 e. The van der Waals surface area contributed by atoms with Crippen LogP contribution in [0.2, 0.25) is 0 Å². The normalized spacial score (nSPS) is 11.9. The number of nitrogens with zero attached hydrogens (tertiary/aromatic N) is 3. The standard InChI is InChI=1S/C87H161N3O9/c1-13-19-37-50-77(51-38-20-14-2)60-69-96-82(92)56-43-31-25-28-34-46-64-89(65-47-35-29-26-32-44-57-83(93)97-70-61-78(52-39-21-15-3)53-40-22-16-4)68-59-85(95)99-80-73-75(7)72-76(8)86(80)87(9,10)74-81(91)90(67-49-63-88(11)12)66-48-36-30-27-33-45-58-84(94)98-71-62-79(54-41-23-17-5)55-42-24-18-6/h72-73,77-79H,13-71,74H2,1-12H3. The Labute approximate surface area is 612 Å². The Morgan fingerprint density at radius 2 is 0.697 bits per heavy atom. The van der Waals surface area contributed by atoms with Crippen molar-refractivity contribution in [3.05, 3.63) is 28.8 Å². The summed E-state index contributed by atoms with van der Waals surface area (Å²) in [5, 5.41) is 0. The Hall–Kier alpha value is -3.51. The Balaban J connectivity index is 2.92. The van der Waals surface area contributed by atoms with E-state index in [1.54, 1.807) is 0 Å². The van der Waals surface area contributed by atoms with Crippen LogP contribution in [0.3, 0.4) is 0 Å². The summed E-state index contributed by atoms with van der Waals surface area (Å²) in [5.74, 6) is 2.31. The third kappa shape index (κ3) is 53.0. The lowest BCUT2D eigenvalue weighted by atomic mass is 9.77. The van der Waals surface area contributed by atoms with Crippen molar-refractivity contribution in [1.29, 1.82) is 0 Å². The van der Waals surface area contributed by atoms with Gasteiger partial charge in [0.2, 0.25) is 5.91 Å². The maximum Gasteiger partial charge on any atom is 0.312 e. The van der Waals surface area contributed by atoms with Gasteiger partial charge in [0, 0.05) is 56.3 Å². The van der Waals surface area contributed by atoms with Crippen molar-refractivity contribution in [1.82, 2.24) is 14.7 Å². The molecule has 0 radical (unpaired) electrons. The molecule has 0 atom stereocenters. The second-order valence-electron chi connectivity index (χ2n) is 31.3. The maximum absolute atomic E-state index is 14.5. The van der Waals surface area contributed by atoms with E-state index in [1.807, 2.05) is 13.0 Å². The van der Waals surface area contributed by atoms with E-state index in [2.05, 4.69) is 97.2 Å². The number of carbonyl (C=O) groups excluding carboxylic acids is 5. The zero-order valence-electron chi connectivity index (χ0n) is 67.3. The van der Waals surface area contributed by atoms with Crippen LogP contribution in [0, 0.1) is 31.6 Å². The van der Waals surface area contributed by atoms with E-state index in [9.17, 15) is 24.0 Å². The molecule has 0 saturated carbocycles. The molecule has 0 saturated heterocycles. The lowest BCUT2D eigenvalue weighted by molar-refractivity contribution is -0.145. The molecule has 1 aromatic rings. The van der Waals surface area contributed by atoms with Gasteiger partial charge < -0.3 is 33.6 Å². The molecule has 0 spiro atoms. The van der Waals surface area contributed by atoms with Crippen LogP contribution < -0.4 is 4.74 Å². The lowest BCUT2D eigenvalue weighted by Gasteiger charge is -2.32. The first-order valence-electron chi connectivity index (χ1n) is 42.4. The fourth-order valence-corrected chi connectivity index (χ4v) is 14.7. The number of benzene rings is 1. The predicted octanol–water partition coefficient (Wildman–Crippen LogP) is 23.7. The molecule has 0 bridgehead atoms. The molecule has 0 aliphatic rings. The number of amides is 1. The molecule has 1 amide bonds. The first-order chi connectivity index (χ1) is 47.9. The SMILES string of the molecule is CCCCCC(CCCCC)CCOC(=O)CCCCCCCCN(CCCCCCCCC(=O)OCCC(CCCCC)CCCCC)CCC(=O)Oc1cc(C)cc(C)c1C(C)(C)CC(=O)N(CCCCCCCCC(=O)OCCC(CCCCC)CCCCC)CCCN(C)C. The van der Waals surface area contributed by atoms with Crippen LogP contribution in [0.25, 0.3) is 0 Å². The zero-order chi connectivity index (χ0) is 72.8. The molecule has 578 valence electrons. The fourth-order valence-electron chi connectivity index (χ4n) is 14.7. The number of esters is 4. The average Bonchev–Trinajstić information content (AvgIpc) is 0.792. The highest BCUT2D eigenvalue weighted by Crippen LogP contribution is 2.39. The van der Waals surface area contributed by atoms with Crippen molar-refractivity contribution in [2.75, 3.05) is 73.2 Å². The smallest absolute Gasteiger partial charge is 0.312 e. The molecule has 0 N–H and O–H groups in total.